The molecule has 112 valence electrons. The van der Waals surface area contributed by atoms with Gasteiger partial charge in [0.05, 0.1) is 0 Å². The molecule has 1 heterocycles. The normalized spacial score (nSPS) is 31.0. The van der Waals surface area contributed by atoms with Gasteiger partial charge in [0.15, 0.2) is 6.61 Å². The van der Waals surface area contributed by atoms with E-state index in [9.17, 15) is 14.4 Å². The minimum atomic E-state index is -1.11. The van der Waals surface area contributed by atoms with Crippen molar-refractivity contribution < 1.29 is 48.1 Å². The maximum Gasteiger partial charge on any atom is 0.502 e. The number of ether oxygens (including phenoxy) is 3. The van der Waals surface area contributed by atoms with Crippen molar-refractivity contribution >= 4 is 23.7 Å². The Morgan fingerprint density at radius 3 is 2.86 bits per heavy atom. The third kappa shape index (κ3) is 2.63. The average Bonchev–Trinajstić information content (AvgIpc) is 3.08. The second-order valence-corrected chi connectivity index (χ2v) is 5.23. The fourth-order valence-corrected chi connectivity index (χ4v) is 3.24. The van der Waals surface area contributed by atoms with Gasteiger partial charge < -0.3 is 14.2 Å². The van der Waals surface area contributed by atoms with Gasteiger partial charge in [-0.25, -0.2) is 9.59 Å². The smallest absolute Gasteiger partial charge is 0.502 e. The first kappa shape index (κ1) is 16.6. The van der Waals surface area contributed by atoms with E-state index in [2.05, 4.69) is 9.58 Å². The van der Waals surface area contributed by atoms with E-state index in [0.29, 0.717) is 12.5 Å². The molecule has 0 spiro atoms. The van der Waals surface area contributed by atoms with Crippen LogP contribution in [-0.2, 0) is 48.1 Å². The number of carbonyl (C=O) groups is 3. The Balaban J connectivity index is 0.00000176. The van der Waals surface area contributed by atoms with E-state index in [-0.39, 0.29) is 43.2 Å². The molecule has 2 saturated carbocycles. The summed E-state index contributed by atoms with van der Waals surface area (Å²) in [7, 11) is 0. The number of amidine groups is 1. The number of carbonyl (C=O) groups excluding carboxylic acids is 3. The van der Waals surface area contributed by atoms with Crippen LogP contribution < -0.4 is 0 Å². The molecule has 1 N–H and O–H groups in total. The summed E-state index contributed by atoms with van der Waals surface area (Å²) >= 11 is 0. The Bertz CT molecular complexity index is 586. The van der Waals surface area contributed by atoms with Crippen LogP contribution in [0.2, 0.25) is 0 Å². The molecule has 0 amide bonds. The second-order valence-electron chi connectivity index (χ2n) is 5.23. The van der Waals surface area contributed by atoms with Gasteiger partial charge in [0, 0.05) is 31.5 Å². The molecule has 9 heteroatoms. The molecule has 1 saturated heterocycles. The zero-order valence-corrected chi connectivity index (χ0v) is 14.6. The molecule has 4 unspecified atom stereocenters. The van der Waals surface area contributed by atoms with Gasteiger partial charge in [-0.05, 0) is 12.3 Å². The van der Waals surface area contributed by atoms with Gasteiger partial charge in [0.1, 0.15) is 6.57 Å². The zero-order chi connectivity index (χ0) is 15.1. The summed E-state index contributed by atoms with van der Waals surface area (Å²) in [6, 6.07) is 0. The molecule has 0 radical (unpaired) electrons. The third-order valence-electron chi connectivity index (χ3n) is 4.10. The number of hydrogen-bond donors (Lipinski definition) is 1. The summed E-state index contributed by atoms with van der Waals surface area (Å²) < 4.78 is 14.9. The fourth-order valence-electron chi connectivity index (χ4n) is 3.24. The van der Waals surface area contributed by atoms with Crippen molar-refractivity contribution in [3.63, 3.8) is 0 Å². The van der Waals surface area contributed by atoms with E-state index in [1.54, 1.807) is 0 Å². The number of fused-ring (bicyclic) bond motifs is 1. The molecule has 8 nitrogen and oxygen atoms in total. The molecule has 22 heavy (non-hydrogen) atoms. The molecule has 3 rings (SSSR count). The molecule has 3 fully saturated rings. The molecular weight excluding hydrogens is 346 g/mol. The molecule has 4 atom stereocenters. The first-order valence-corrected chi connectivity index (χ1v) is 6.45. The van der Waals surface area contributed by atoms with Crippen molar-refractivity contribution in [2.45, 2.75) is 18.9 Å². The van der Waals surface area contributed by atoms with Crippen molar-refractivity contribution in [3.05, 3.63) is 10.9 Å². The molecule has 2 aliphatic carbocycles. The van der Waals surface area contributed by atoms with Gasteiger partial charge in [-0.3, -0.25) is 4.79 Å². The predicted molar refractivity (Wildman–Crippen MR) is 65.9 cm³/mol. The first-order valence-electron chi connectivity index (χ1n) is 6.45. The van der Waals surface area contributed by atoms with Gasteiger partial charge in [-0.15, -0.1) is 10.8 Å². The van der Waals surface area contributed by atoms with Crippen LogP contribution >= 0.6 is 0 Å². The molecule has 0 aromatic carbocycles. The van der Waals surface area contributed by atoms with Gasteiger partial charge >= 0.3 is 17.8 Å². The Kier molecular flexibility index (Phi) is 4.61. The molecular formula is C13H12N2O6Zn. The third-order valence-corrected chi connectivity index (χ3v) is 4.10. The minimum absolute atomic E-state index is 0. The average molecular weight is 358 g/mol. The summed E-state index contributed by atoms with van der Waals surface area (Å²) in [5.41, 5.74) is 0. The summed E-state index contributed by atoms with van der Waals surface area (Å²) in [6.07, 6.45) is 1.40. The molecule has 0 aromatic rings. The van der Waals surface area contributed by atoms with Crippen LogP contribution in [0.1, 0.15) is 12.8 Å². The molecule has 0 aromatic heterocycles. The van der Waals surface area contributed by atoms with Crippen LogP contribution in [0.15, 0.2) is 0 Å². The van der Waals surface area contributed by atoms with Crippen LogP contribution in [0.3, 0.4) is 0 Å². The Hall–Kier alpha value is -1.81. The number of nitrogens with zero attached hydrogens (tertiary/aromatic N) is 1. The topological polar surface area (TPSA) is 107 Å². The summed E-state index contributed by atoms with van der Waals surface area (Å²) in [6.45, 7) is 4.09. The van der Waals surface area contributed by atoms with E-state index >= 15 is 0 Å². The largest absolute Gasteiger partial charge is 0.630 e. The van der Waals surface area contributed by atoms with Gasteiger partial charge in [0.2, 0.25) is 0 Å². The summed E-state index contributed by atoms with van der Waals surface area (Å²) in [5, 5.41) is 6.99. The van der Waals surface area contributed by atoms with E-state index in [1.807, 2.05) is 0 Å². The second kappa shape index (κ2) is 6.13. The standard InChI is InChI=1S/C13H12N2O6.Zn/c1-15-11(14)13(18)19-4-8(16)20-9-5-2-6-7(3-5)12(17)21-10(6)9;/h1,5-7,9,14H,2-4H2;. The fraction of sp³-hybridized carbons (Fsp3) is 0.538. The van der Waals surface area contributed by atoms with Crippen molar-refractivity contribution in [2.75, 3.05) is 6.61 Å². The predicted octanol–water partition coefficient (Wildman–Crippen LogP) is 0.124. The Labute approximate surface area is 138 Å². The minimum Gasteiger partial charge on any atom is -0.630 e. The van der Waals surface area contributed by atoms with Gasteiger partial charge in [0.25, 0.3) is 5.97 Å². The monoisotopic (exact) mass is 356 g/mol. The molecule has 1 aliphatic heterocycles. The SMILES string of the molecule is C#[N+]C(=N)C(=O)OCC(=O)OC1[C-]2OC(=O)C3CC1CC23.[Zn]. The molecule has 3 aliphatic rings. The number of rotatable bonds is 3. The maximum absolute atomic E-state index is 11.7. The maximum atomic E-state index is 11.7. The summed E-state index contributed by atoms with van der Waals surface area (Å²) in [4.78, 5) is 37.2. The Morgan fingerprint density at radius 2 is 2.18 bits per heavy atom. The number of esters is 3. The van der Waals surface area contributed by atoms with Crippen molar-refractivity contribution in [2.24, 2.45) is 17.8 Å². The van der Waals surface area contributed by atoms with Crippen molar-refractivity contribution in [3.8, 4) is 6.57 Å². The van der Waals surface area contributed by atoms with Crippen molar-refractivity contribution in [1.29, 1.82) is 5.41 Å². The quantitative estimate of drug-likeness (QED) is 0.192. The number of nitrogens with one attached hydrogen (secondary N) is 1. The molecule has 2 bridgehead atoms. The van der Waals surface area contributed by atoms with Crippen LogP contribution in [0, 0.1) is 35.8 Å². The van der Waals surface area contributed by atoms with Crippen LogP contribution in [0.4, 0.5) is 0 Å². The van der Waals surface area contributed by atoms with Gasteiger partial charge in [-0.1, -0.05) is 17.9 Å². The van der Waals surface area contributed by atoms with Crippen LogP contribution in [-0.4, -0.2) is 36.5 Å². The van der Waals surface area contributed by atoms with Crippen molar-refractivity contribution in [1.82, 2.24) is 0 Å². The Morgan fingerprint density at radius 1 is 1.45 bits per heavy atom. The van der Waals surface area contributed by atoms with E-state index < -0.39 is 30.5 Å². The summed E-state index contributed by atoms with van der Waals surface area (Å²) in [5.74, 6) is -2.87. The van der Waals surface area contributed by atoms with E-state index in [4.69, 9.17) is 21.5 Å². The zero-order valence-electron chi connectivity index (χ0n) is 11.6. The van der Waals surface area contributed by atoms with E-state index in [1.165, 1.54) is 0 Å². The van der Waals surface area contributed by atoms with E-state index in [0.717, 1.165) is 6.42 Å². The number of hydrogen-bond acceptors (Lipinski definition) is 7. The van der Waals surface area contributed by atoms with Crippen LogP contribution in [0.25, 0.3) is 4.85 Å². The first-order chi connectivity index (χ1) is 10.0. The van der Waals surface area contributed by atoms with Crippen LogP contribution in [0.5, 0.6) is 0 Å². The van der Waals surface area contributed by atoms with Gasteiger partial charge in [-0.2, -0.15) is 0 Å².